The third-order valence-electron chi connectivity index (χ3n) is 7.94. The van der Waals surface area contributed by atoms with Gasteiger partial charge in [-0.3, -0.25) is 19.2 Å². The van der Waals surface area contributed by atoms with E-state index in [4.69, 9.17) is 0 Å². The molecule has 10 nitrogen and oxygen atoms in total. The lowest BCUT2D eigenvalue weighted by Gasteiger charge is -2.28. The number of aliphatic hydroxyl groups is 1. The minimum Gasteiger partial charge on any atom is -0.390 e. The SMILES string of the molecule is CC(=O)Nc1cc(C(=O)N[C@@H](Cc2ccccc2)[C@@H](O)CN[C@@H](C)C(=O)NC2CCCCC2)cc(N2CCCC2=O)c1. The van der Waals surface area contributed by atoms with Crippen molar-refractivity contribution in [2.45, 2.75) is 89.4 Å². The number of hydrogen-bond acceptors (Lipinski definition) is 6. The van der Waals surface area contributed by atoms with Gasteiger partial charge in [-0.05, 0) is 56.4 Å². The van der Waals surface area contributed by atoms with Gasteiger partial charge in [-0.2, -0.15) is 0 Å². The van der Waals surface area contributed by atoms with Crippen LogP contribution in [0.25, 0.3) is 0 Å². The number of hydrogen-bond donors (Lipinski definition) is 5. The standard InChI is InChI=1S/C32H43N5O5/c1-21(31(41)35-25-12-7-4-8-13-25)33-20-29(39)28(16-23-10-5-3-6-11-23)36-32(42)24-17-26(34-22(2)38)19-27(18-24)37-15-9-14-30(37)40/h3,5-6,10-11,17-19,21,25,28-29,33,39H,4,7-9,12-16,20H2,1-2H3,(H,34,38)(H,35,41)(H,36,42)/t21-,28-,29-/m0/s1. The van der Waals surface area contributed by atoms with E-state index < -0.39 is 24.1 Å². The van der Waals surface area contributed by atoms with Gasteiger partial charge < -0.3 is 31.3 Å². The van der Waals surface area contributed by atoms with Gasteiger partial charge in [0.15, 0.2) is 0 Å². The Labute approximate surface area is 247 Å². The van der Waals surface area contributed by atoms with Gasteiger partial charge in [0.05, 0.1) is 18.2 Å². The Morgan fingerprint density at radius 2 is 1.76 bits per heavy atom. The molecule has 0 radical (unpaired) electrons. The maximum Gasteiger partial charge on any atom is 0.251 e. The van der Waals surface area contributed by atoms with Gasteiger partial charge in [-0.25, -0.2) is 0 Å². The summed E-state index contributed by atoms with van der Waals surface area (Å²) in [5.41, 5.74) is 2.13. The summed E-state index contributed by atoms with van der Waals surface area (Å²) in [7, 11) is 0. The number of benzene rings is 2. The van der Waals surface area contributed by atoms with Crippen LogP contribution in [0.15, 0.2) is 48.5 Å². The van der Waals surface area contributed by atoms with Crippen molar-refractivity contribution in [3.8, 4) is 0 Å². The van der Waals surface area contributed by atoms with Crippen LogP contribution < -0.4 is 26.2 Å². The minimum atomic E-state index is -1.00. The van der Waals surface area contributed by atoms with Crippen LogP contribution in [0, 0.1) is 0 Å². The van der Waals surface area contributed by atoms with E-state index >= 15 is 0 Å². The summed E-state index contributed by atoms with van der Waals surface area (Å²) < 4.78 is 0. The molecule has 1 aliphatic heterocycles. The molecule has 1 heterocycles. The van der Waals surface area contributed by atoms with E-state index in [2.05, 4.69) is 21.3 Å². The predicted molar refractivity (Wildman–Crippen MR) is 162 cm³/mol. The lowest BCUT2D eigenvalue weighted by atomic mass is 9.95. The molecular weight excluding hydrogens is 534 g/mol. The van der Waals surface area contributed by atoms with E-state index in [9.17, 15) is 24.3 Å². The Bertz CT molecular complexity index is 1250. The van der Waals surface area contributed by atoms with E-state index in [0.29, 0.717) is 30.8 Å². The largest absolute Gasteiger partial charge is 0.390 e. The fraction of sp³-hybridized carbons (Fsp3) is 0.500. The Morgan fingerprint density at radius 3 is 2.43 bits per heavy atom. The lowest BCUT2D eigenvalue weighted by Crippen LogP contribution is -2.53. The summed E-state index contributed by atoms with van der Waals surface area (Å²) in [6.45, 7) is 3.78. The summed E-state index contributed by atoms with van der Waals surface area (Å²) in [6.07, 6.45) is 5.94. The number of nitrogens with zero attached hydrogens (tertiary/aromatic N) is 1. The maximum atomic E-state index is 13.6. The first-order chi connectivity index (χ1) is 20.2. The van der Waals surface area contributed by atoms with E-state index in [-0.39, 0.29) is 35.9 Å². The second-order valence-corrected chi connectivity index (χ2v) is 11.4. The van der Waals surface area contributed by atoms with Crippen molar-refractivity contribution in [3.05, 3.63) is 59.7 Å². The first kappa shape index (κ1) is 31.2. The van der Waals surface area contributed by atoms with Crippen molar-refractivity contribution in [2.75, 3.05) is 23.3 Å². The summed E-state index contributed by atoms with van der Waals surface area (Å²) in [4.78, 5) is 52.1. The van der Waals surface area contributed by atoms with Gasteiger partial charge >= 0.3 is 0 Å². The Hall–Kier alpha value is -3.76. The molecular formula is C32H43N5O5. The molecule has 1 aliphatic carbocycles. The van der Waals surface area contributed by atoms with Crippen LogP contribution in [0.5, 0.6) is 0 Å². The number of aliphatic hydroxyl groups excluding tert-OH is 1. The molecule has 226 valence electrons. The number of carbonyl (C=O) groups is 4. The van der Waals surface area contributed by atoms with Crippen molar-refractivity contribution in [1.29, 1.82) is 0 Å². The fourth-order valence-corrected chi connectivity index (χ4v) is 5.60. The molecule has 2 aliphatic rings. The number of rotatable bonds is 12. The average molecular weight is 578 g/mol. The summed E-state index contributed by atoms with van der Waals surface area (Å²) in [6, 6.07) is 13.4. The Balaban J connectivity index is 1.47. The molecule has 1 saturated carbocycles. The van der Waals surface area contributed by atoms with Gasteiger partial charge in [0.25, 0.3) is 5.91 Å². The third kappa shape index (κ3) is 8.87. The molecule has 0 spiro atoms. The highest BCUT2D eigenvalue weighted by molar-refractivity contribution is 6.01. The summed E-state index contributed by atoms with van der Waals surface area (Å²) in [5, 5.41) is 23.1. The van der Waals surface area contributed by atoms with Gasteiger partial charge in [-0.1, -0.05) is 49.6 Å². The fourth-order valence-electron chi connectivity index (χ4n) is 5.60. The van der Waals surface area contributed by atoms with Gasteiger partial charge in [0, 0.05) is 49.4 Å². The van der Waals surface area contributed by atoms with Crippen LogP contribution >= 0.6 is 0 Å². The van der Waals surface area contributed by atoms with E-state index in [1.807, 2.05) is 30.3 Å². The highest BCUT2D eigenvalue weighted by Crippen LogP contribution is 2.27. The lowest BCUT2D eigenvalue weighted by molar-refractivity contribution is -0.123. The number of nitrogens with one attached hydrogen (secondary N) is 4. The van der Waals surface area contributed by atoms with E-state index in [0.717, 1.165) is 37.7 Å². The summed E-state index contributed by atoms with van der Waals surface area (Å²) >= 11 is 0. The zero-order chi connectivity index (χ0) is 30.1. The molecule has 3 atom stereocenters. The topological polar surface area (TPSA) is 140 Å². The maximum absolute atomic E-state index is 13.6. The number of carbonyl (C=O) groups excluding carboxylic acids is 4. The van der Waals surface area contributed by atoms with Gasteiger partial charge in [0.1, 0.15) is 0 Å². The molecule has 2 aromatic rings. The Morgan fingerprint density at radius 1 is 1.02 bits per heavy atom. The first-order valence-corrected chi connectivity index (χ1v) is 15.0. The van der Waals surface area contributed by atoms with Crippen LogP contribution in [0.2, 0.25) is 0 Å². The van der Waals surface area contributed by atoms with Crippen LogP contribution in [0.4, 0.5) is 11.4 Å². The zero-order valence-electron chi connectivity index (χ0n) is 24.5. The minimum absolute atomic E-state index is 0.0357. The van der Waals surface area contributed by atoms with Crippen molar-refractivity contribution >= 4 is 35.0 Å². The van der Waals surface area contributed by atoms with Gasteiger partial charge in [0.2, 0.25) is 17.7 Å². The molecule has 2 fully saturated rings. The molecule has 5 N–H and O–H groups in total. The van der Waals surface area contributed by atoms with Crippen LogP contribution in [0.1, 0.15) is 74.7 Å². The van der Waals surface area contributed by atoms with Crippen molar-refractivity contribution in [1.82, 2.24) is 16.0 Å². The predicted octanol–water partition coefficient (Wildman–Crippen LogP) is 2.90. The second-order valence-electron chi connectivity index (χ2n) is 11.4. The molecule has 4 amide bonds. The number of anilines is 2. The van der Waals surface area contributed by atoms with Crippen LogP contribution in [0.3, 0.4) is 0 Å². The van der Waals surface area contributed by atoms with Crippen molar-refractivity contribution in [3.63, 3.8) is 0 Å². The first-order valence-electron chi connectivity index (χ1n) is 15.0. The highest BCUT2D eigenvalue weighted by Gasteiger charge is 2.27. The number of amides is 4. The van der Waals surface area contributed by atoms with Crippen LogP contribution in [-0.2, 0) is 20.8 Å². The molecule has 0 bridgehead atoms. The average Bonchev–Trinajstić information content (AvgIpc) is 3.41. The molecule has 10 heteroatoms. The molecule has 2 aromatic carbocycles. The van der Waals surface area contributed by atoms with E-state index in [1.165, 1.54) is 13.3 Å². The zero-order valence-corrected chi connectivity index (χ0v) is 24.5. The monoisotopic (exact) mass is 577 g/mol. The van der Waals surface area contributed by atoms with Crippen molar-refractivity contribution < 1.29 is 24.3 Å². The smallest absolute Gasteiger partial charge is 0.251 e. The normalized spacial score (nSPS) is 17.8. The second kappa shape index (κ2) is 14.9. The van der Waals surface area contributed by atoms with Gasteiger partial charge in [-0.15, -0.1) is 0 Å². The highest BCUT2D eigenvalue weighted by atomic mass is 16.3. The van der Waals surface area contributed by atoms with Crippen molar-refractivity contribution in [2.24, 2.45) is 0 Å². The van der Waals surface area contributed by atoms with Crippen LogP contribution in [-0.4, -0.2) is 66.1 Å². The van der Waals surface area contributed by atoms with E-state index in [1.54, 1.807) is 30.0 Å². The molecule has 0 aromatic heterocycles. The molecule has 42 heavy (non-hydrogen) atoms. The summed E-state index contributed by atoms with van der Waals surface area (Å²) in [5.74, 6) is -0.877. The quantitative estimate of drug-likeness (QED) is 0.263. The molecule has 4 rings (SSSR count). The molecule has 1 saturated heterocycles. The Kier molecular flexibility index (Phi) is 11.1. The third-order valence-corrected chi connectivity index (χ3v) is 7.94. The molecule has 0 unspecified atom stereocenters.